The molecule has 1 atom stereocenters. The summed E-state index contributed by atoms with van der Waals surface area (Å²) in [6.45, 7) is 3.40. The zero-order chi connectivity index (χ0) is 29.4. The lowest BCUT2D eigenvalue weighted by molar-refractivity contribution is -0.129. The number of amides is 1. The van der Waals surface area contributed by atoms with Crippen molar-refractivity contribution in [2.45, 2.75) is 6.04 Å². The Kier molecular flexibility index (Phi) is 9.21. The number of hydrogen-bond acceptors (Lipinski definition) is 8. The Bertz CT molecular complexity index is 1410. The predicted octanol–water partition coefficient (Wildman–Crippen LogP) is 3.73. The number of carboxylic acid groups (broad SMARTS) is 1. The fourth-order valence-electron chi connectivity index (χ4n) is 3.87. The average molecular weight is 544 g/mol. The maximum absolute atomic E-state index is 13.5. The smallest absolute Gasteiger partial charge is 0.335 e. The van der Waals surface area contributed by atoms with Crippen LogP contribution in [0.1, 0.15) is 33.1 Å². The van der Waals surface area contributed by atoms with Crippen LogP contribution in [0.4, 0.5) is 0 Å². The first-order chi connectivity index (χ1) is 19.0. The van der Waals surface area contributed by atoms with E-state index in [0.717, 1.165) is 30.4 Å². The molecule has 0 fully saturated rings. The van der Waals surface area contributed by atoms with Gasteiger partial charge in [-0.2, -0.15) is 0 Å². The number of aromatic hydroxyl groups is 4. The monoisotopic (exact) mass is 543 g/mol. The summed E-state index contributed by atoms with van der Waals surface area (Å²) in [5, 5.41) is 50.7. The van der Waals surface area contributed by atoms with Gasteiger partial charge in [0.05, 0.1) is 11.6 Å². The lowest BCUT2D eigenvalue weighted by Crippen LogP contribution is -2.39. The van der Waals surface area contributed by atoms with Gasteiger partial charge in [0.25, 0.3) is 0 Å². The van der Waals surface area contributed by atoms with Gasteiger partial charge >= 0.3 is 5.97 Å². The summed E-state index contributed by atoms with van der Waals surface area (Å²) >= 11 is 0. The van der Waals surface area contributed by atoms with E-state index in [4.69, 9.17) is 0 Å². The topological polar surface area (TPSA) is 181 Å². The standard InChI is InChI=1S/C30H25NO9/c1-2-27(38)31-29(19-5-7-20(8-6-19)30(39)40)28(25(36)9-3-17-11-21(32)15-22(33)12-17)26(37)10-4-18-13-23(34)16-24(35)14-18/h2-16,28-29,32-35H,1H2,(H,31,38)(H,39,40)/b9-3+,10-4+. The van der Waals surface area contributed by atoms with E-state index in [1.54, 1.807) is 0 Å². The van der Waals surface area contributed by atoms with Crippen LogP contribution in [0.25, 0.3) is 12.2 Å². The van der Waals surface area contributed by atoms with Crippen molar-refractivity contribution in [2.75, 3.05) is 0 Å². The first-order valence-electron chi connectivity index (χ1n) is 11.7. The summed E-state index contributed by atoms with van der Waals surface area (Å²) in [5.74, 6) is -6.04. The second-order valence-electron chi connectivity index (χ2n) is 8.63. The van der Waals surface area contributed by atoms with Crippen LogP contribution in [-0.2, 0) is 14.4 Å². The minimum Gasteiger partial charge on any atom is -0.508 e. The first-order valence-corrected chi connectivity index (χ1v) is 11.7. The van der Waals surface area contributed by atoms with Crippen LogP contribution in [0.2, 0.25) is 0 Å². The number of aromatic carboxylic acids is 1. The van der Waals surface area contributed by atoms with Crippen LogP contribution >= 0.6 is 0 Å². The second-order valence-corrected chi connectivity index (χ2v) is 8.63. The molecule has 0 spiro atoms. The van der Waals surface area contributed by atoms with Crippen molar-refractivity contribution in [3.8, 4) is 23.0 Å². The Hall–Kier alpha value is -5.64. The quantitative estimate of drug-likeness (QED) is 0.155. The molecule has 10 nitrogen and oxygen atoms in total. The molecular formula is C30H25NO9. The molecule has 204 valence electrons. The zero-order valence-electron chi connectivity index (χ0n) is 20.9. The minimum absolute atomic E-state index is 0.0565. The van der Waals surface area contributed by atoms with E-state index in [1.807, 2.05) is 0 Å². The molecule has 1 amide bonds. The Morgan fingerprint density at radius 1 is 0.700 bits per heavy atom. The number of rotatable bonds is 11. The molecule has 10 heteroatoms. The average Bonchev–Trinajstić information content (AvgIpc) is 2.89. The summed E-state index contributed by atoms with van der Waals surface area (Å²) in [6, 6.07) is 11.3. The van der Waals surface area contributed by atoms with Gasteiger partial charge < -0.3 is 30.8 Å². The molecule has 3 aromatic carbocycles. The highest BCUT2D eigenvalue weighted by Crippen LogP contribution is 2.28. The van der Waals surface area contributed by atoms with Gasteiger partial charge in [0, 0.05) is 12.1 Å². The van der Waals surface area contributed by atoms with E-state index in [0.29, 0.717) is 0 Å². The number of carbonyl (C=O) groups excluding carboxylic acids is 3. The van der Waals surface area contributed by atoms with Gasteiger partial charge in [0.15, 0.2) is 11.6 Å². The van der Waals surface area contributed by atoms with Crippen molar-refractivity contribution in [3.63, 3.8) is 0 Å². The van der Waals surface area contributed by atoms with Gasteiger partial charge in [0.1, 0.15) is 28.9 Å². The molecule has 0 bridgehead atoms. The van der Waals surface area contributed by atoms with Crippen LogP contribution < -0.4 is 5.32 Å². The van der Waals surface area contributed by atoms with E-state index in [1.165, 1.54) is 60.7 Å². The van der Waals surface area contributed by atoms with Gasteiger partial charge in [-0.15, -0.1) is 0 Å². The number of carbonyl (C=O) groups is 4. The number of nitrogens with one attached hydrogen (secondary N) is 1. The van der Waals surface area contributed by atoms with Crippen LogP contribution in [-0.4, -0.2) is 49.0 Å². The van der Waals surface area contributed by atoms with Crippen LogP contribution in [0.5, 0.6) is 23.0 Å². The lowest BCUT2D eigenvalue weighted by atomic mass is 9.84. The minimum atomic E-state index is -1.57. The highest BCUT2D eigenvalue weighted by molar-refractivity contribution is 6.14. The van der Waals surface area contributed by atoms with Gasteiger partial charge in [-0.3, -0.25) is 14.4 Å². The highest BCUT2D eigenvalue weighted by Gasteiger charge is 2.34. The Morgan fingerprint density at radius 2 is 1.12 bits per heavy atom. The molecule has 0 heterocycles. The van der Waals surface area contributed by atoms with Gasteiger partial charge in [0.2, 0.25) is 5.91 Å². The highest BCUT2D eigenvalue weighted by atomic mass is 16.4. The molecule has 0 aliphatic rings. The van der Waals surface area contributed by atoms with Crippen molar-refractivity contribution in [1.82, 2.24) is 5.32 Å². The third-order valence-corrected chi connectivity index (χ3v) is 5.68. The molecule has 6 N–H and O–H groups in total. The largest absolute Gasteiger partial charge is 0.508 e. The van der Waals surface area contributed by atoms with Crippen LogP contribution in [0, 0.1) is 5.92 Å². The molecule has 0 saturated carbocycles. The van der Waals surface area contributed by atoms with E-state index in [-0.39, 0.29) is 45.3 Å². The number of carboxylic acids is 1. The molecule has 0 aromatic heterocycles. The molecule has 0 aliphatic carbocycles. The van der Waals surface area contributed by atoms with Gasteiger partial charge in [-0.25, -0.2) is 4.79 Å². The van der Waals surface area contributed by atoms with Crippen LogP contribution in [0.3, 0.4) is 0 Å². The molecule has 1 unspecified atom stereocenters. The zero-order valence-corrected chi connectivity index (χ0v) is 20.9. The summed E-state index contributed by atoms with van der Waals surface area (Å²) in [7, 11) is 0. The fraction of sp³-hybridized carbons (Fsp3) is 0.0667. The number of benzene rings is 3. The Morgan fingerprint density at radius 3 is 1.50 bits per heavy atom. The van der Waals surface area contributed by atoms with E-state index in [9.17, 15) is 44.7 Å². The number of ketones is 2. The maximum Gasteiger partial charge on any atom is 0.335 e. The second kappa shape index (κ2) is 12.7. The molecule has 3 aromatic rings. The lowest BCUT2D eigenvalue weighted by Gasteiger charge is -2.25. The summed E-state index contributed by atoms with van der Waals surface area (Å²) in [6.07, 6.45) is 5.56. The predicted molar refractivity (Wildman–Crippen MR) is 146 cm³/mol. The molecular weight excluding hydrogens is 518 g/mol. The van der Waals surface area contributed by atoms with E-state index in [2.05, 4.69) is 11.9 Å². The van der Waals surface area contributed by atoms with Crippen molar-refractivity contribution >= 4 is 35.6 Å². The molecule has 3 rings (SSSR count). The summed E-state index contributed by atoms with van der Waals surface area (Å²) in [5.41, 5.74) is 0.693. The molecule has 0 radical (unpaired) electrons. The maximum atomic E-state index is 13.5. The fourth-order valence-corrected chi connectivity index (χ4v) is 3.87. The molecule has 0 aliphatic heterocycles. The van der Waals surface area contributed by atoms with Crippen molar-refractivity contribution in [1.29, 1.82) is 0 Å². The van der Waals surface area contributed by atoms with E-state index >= 15 is 0 Å². The van der Waals surface area contributed by atoms with Crippen molar-refractivity contribution in [3.05, 3.63) is 108 Å². The normalized spacial score (nSPS) is 11.9. The van der Waals surface area contributed by atoms with Crippen molar-refractivity contribution in [2.24, 2.45) is 5.92 Å². The van der Waals surface area contributed by atoms with E-state index < -0.39 is 35.4 Å². The first kappa shape index (κ1) is 28.9. The Balaban J connectivity index is 2.08. The number of hydrogen-bond donors (Lipinski definition) is 6. The third kappa shape index (κ3) is 7.68. The Labute approximate surface area is 228 Å². The van der Waals surface area contributed by atoms with Crippen molar-refractivity contribution < 1.29 is 44.7 Å². The van der Waals surface area contributed by atoms with Crippen LogP contribution in [0.15, 0.2) is 85.5 Å². The SMILES string of the molecule is C=CC(=O)NC(c1ccc(C(=O)O)cc1)C(C(=O)/C=C/c1cc(O)cc(O)c1)C(=O)/C=C/c1cc(O)cc(O)c1. The number of allylic oxidation sites excluding steroid dienone is 2. The number of phenolic OH excluding ortho intramolecular Hbond substituents is 4. The molecule has 0 saturated heterocycles. The number of phenols is 4. The van der Waals surface area contributed by atoms with Gasteiger partial charge in [-0.05, 0) is 71.3 Å². The molecule has 40 heavy (non-hydrogen) atoms. The third-order valence-electron chi connectivity index (χ3n) is 5.68. The summed E-state index contributed by atoms with van der Waals surface area (Å²) in [4.78, 5) is 50.6. The summed E-state index contributed by atoms with van der Waals surface area (Å²) < 4.78 is 0. The van der Waals surface area contributed by atoms with Gasteiger partial charge in [-0.1, -0.05) is 30.9 Å².